The van der Waals surface area contributed by atoms with Gasteiger partial charge in [-0.2, -0.15) is 0 Å². The van der Waals surface area contributed by atoms with Crippen LogP contribution >= 0.6 is 11.3 Å². The van der Waals surface area contributed by atoms with E-state index in [0.29, 0.717) is 0 Å². The van der Waals surface area contributed by atoms with Gasteiger partial charge in [0.15, 0.2) is 0 Å². The minimum atomic E-state index is -3.90. The van der Waals surface area contributed by atoms with Crippen LogP contribution in [0.25, 0.3) is 0 Å². The molecule has 13 heteroatoms. The number of hydrogen-bond acceptors (Lipinski definition) is 7. The monoisotopic (exact) mass is 522 g/mol. The number of hydrazine groups is 1. The summed E-state index contributed by atoms with van der Waals surface area (Å²) in [5, 5.41) is 1.64. The van der Waals surface area contributed by atoms with Gasteiger partial charge in [0.25, 0.3) is 21.8 Å². The van der Waals surface area contributed by atoms with Crippen LogP contribution in [0.1, 0.15) is 21.5 Å². The summed E-state index contributed by atoms with van der Waals surface area (Å²) < 4.78 is 53.9. The van der Waals surface area contributed by atoms with Crippen LogP contribution in [0.3, 0.4) is 0 Å². The average molecular weight is 523 g/mol. The van der Waals surface area contributed by atoms with Gasteiger partial charge in [-0.3, -0.25) is 25.2 Å². The lowest BCUT2D eigenvalue weighted by molar-refractivity contribution is -0.120. The van der Waals surface area contributed by atoms with E-state index in [1.807, 2.05) is 6.92 Å². The van der Waals surface area contributed by atoms with Crippen LogP contribution in [0.2, 0.25) is 0 Å². The summed E-state index contributed by atoms with van der Waals surface area (Å²) in [7, 11) is -7.61. The van der Waals surface area contributed by atoms with Crippen molar-refractivity contribution in [2.75, 3.05) is 11.3 Å². The second kappa shape index (κ2) is 10.3. The molecule has 0 radical (unpaired) electrons. The smallest absolute Gasteiger partial charge is 0.271 e. The van der Waals surface area contributed by atoms with Crippen LogP contribution in [0, 0.1) is 13.8 Å². The Labute approximate surface area is 201 Å². The molecule has 4 N–H and O–H groups in total. The maximum atomic E-state index is 12.3. The molecule has 0 aliphatic rings. The molecular weight excluding hydrogens is 500 g/mol. The van der Waals surface area contributed by atoms with Gasteiger partial charge in [0.2, 0.25) is 10.0 Å². The Bertz CT molecular complexity index is 1400. The van der Waals surface area contributed by atoms with Gasteiger partial charge in [-0.05, 0) is 72.8 Å². The van der Waals surface area contributed by atoms with Gasteiger partial charge >= 0.3 is 0 Å². The molecule has 2 aromatic carbocycles. The molecule has 10 nitrogen and oxygen atoms in total. The fourth-order valence-electron chi connectivity index (χ4n) is 2.68. The van der Waals surface area contributed by atoms with Crippen LogP contribution in [-0.4, -0.2) is 35.2 Å². The molecule has 0 saturated carbocycles. The van der Waals surface area contributed by atoms with Gasteiger partial charge in [-0.25, -0.2) is 21.6 Å². The predicted molar refractivity (Wildman–Crippen MR) is 128 cm³/mol. The van der Waals surface area contributed by atoms with E-state index in [-0.39, 0.29) is 20.4 Å². The molecular formula is C21H22N4O6S3. The highest BCUT2D eigenvalue weighted by Crippen LogP contribution is 2.20. The fraction of sp³-hybridized carbons (Fsp3) is 0.143. The molecule has 3 aromatic rings. The first-order valence-corrected chi connectivity index (χ1v) is 13.6. The molecule has 1 heterocycles. The quantitative estimate of drug-likeness (QED) is 0.332. The zero-order valence-electron chi connectivity index (χ0n) is 18.2. The van der Waals surface area contributed by atoms with Crippen molar-refractivity contribution < 1.29 is 26.4 Å². The normalized spacial score (nSPS) is 11.6. The number of hydrogen-bond donors (Lipinski definition) is 4. The SMILES string of the molecule is Cc1ccc(S(=O)(=O)NCC(=O)NNC(=O)c2ccc(NS(=O)(=O)c3cccs3)cc2)cc1C. The summed E-state index contributed by atoms with van der Waals surface area (Å²) in [6.45, 7) is 3.05. The second-order valence-corrected chi connectivity index (χ2v) is 11.8. The molecule has 0 fully saturated rings. The van der Waals surface area contributed by atoms with Crippen molar-refractivity contribution in [3.63, 3.8) is 0 Å². The van der Waals surface area contributed by atoms with E-state index in [1.54, 1.807) is 24.4 Å². The second-order valence-electron chi connectivity index (χ2n) is 7.19. The first kappa shape index (κ1) is 25.4. The lowest BCUT2D eigenvalue weighted by atomic mass is 10.1. The Morgan fingerprint density at radius 1 is 0.853 bits per heavy atom. The Morgan fingerprint density at radius 3 is 2.18 bits per heavy atom. The zero-order chi connectivity index (χ0) is 24.9. The molecule has 0 aliphatic carbocycles. The molecule has 0 saturated heterocycles. The molecule has 0 aliphatic heterocycles. The van der Waals surface area contributed by atoms with Crippen molar-refractivity contribution in [3.05, 3.63) is 76.7 Å². The maximum Gasteiger partial charge on any atom is 0.271 e. The lowest BCUT2D eigenvalue weighted by Gasteiger charge is -2.10. The van der Waals surface area contributed by atoms with E-state index in [0.717, 1.165) is 22.5 Å². The zero-order valence-corrected chi connectivity index (χ0v) is 20.6. The van der Waals surface area contributed by atoms with Crippen LogP contribution < -0.4 is 20.3 Å². The Morgan fingerprint density at radius 2 is 1.56 bits per heavy atom. The topological polar surface area (TPSA) is 151 Å². The Balaban J connectivity index is 1.51. The molecule has 34 heavy (non-hydrogen) atoms. The predicted octanol–water partition coefficient (Wildman–Crippen LogP) is 1.91. The van der Waals surface area contributed by atoms with Crippen molar-refractivity contribution in [2.24, 2.45) is 0 Å². The summed E-state index contributed by atoms with van der Waals surface area (Å²) >= 11 is 1.07. The van der Waals surface area contributed by atoms with E-state index in [1.165, 1.54) is 42.5 Å². The summed E-state index contributed by atoms with van der Waals surface area (Å²) in [5.74, 6) is -1.45. The van der Waals surface area contributed by atoms with Crippen molar-refractivity contribution in [1.29, 1.82) is 0 Å². The van der Waals surface area contributed by atoms with Crippen LogP contribution in [0.15, 0.2) is 69.1 Å². The van der Waals surface area contributed by atoms with Gasteiger partial charge in [-0.15, -0.1) is 11.3 Å². The summed E-state index contributed by atoms with van der Waals surface area (Å²) in [6, 6.07) is 13.2. The molecule has 2 amide bonds. The molecule has 0 unspecified atom stereocenters. The number of anilines is 1. The van der Waals surface area contributed by atoms with Crippen LogP contribution in [0.4, 0.5) is 5.69 Å². The average Bonchev–Trinajstić information content (AvgIpc) is 3.34. The van der Waals surface area contributed by atoms with Gasteiger partial charge in [0.1, 0.15) is 4.21 Å². The van der Waals surface area contributed by atoms with Crippen molar-refractivity contribution >= 4 is 48.9 Å². The van der Waals surface area contributed by atoms with E-state index in [9.17, 15) is 26.4 Å². The fourth-order valence-corrected chi connectivity index (χ4v) is 5.80. The van der Waals surface area contributed by atoms with E-state index < -0.39 is 38.4 Å². The number of benzene rings is 2. The number of aryl methyl sites for hydroxylation is 2. The third kappa shape index (κ3) is 6.41. The third-order valence-electron chi connectivity index (χ3n) is 4.69. The Hall–Kier alpha value is -3.26. The maximum absolute atomic E-state index is 12.3. The molecule has 1 aromatic heterocycles. The van der Waals surface area contributed by atoms with Crippen LogP contribution in [-0.2, 0) is 24.8 Å². The van der Waals surface area contributed by atoms with E-state index in [4.69, 9.17) is 0 Å². The number of carbonyl (C=O) groups excluding carboxylic acids is 2. The number of sulfonamides is 2. The standard InChI is InChI=1S/C21H22N4O6S3/c1-14-5-10-18(12-15(14)2)33(28,29)22-13-19(26)23-24-21(27)16-6-8-17(9-7-16)25-34(30,31)20-4-3-11-32-20/h3-12,22,25H,13H2,1-2H3,(H,23,26)(H,24,27). The van der Waals surface area contributed by atoms with Crippen LogP contribution in [0.5, 0.6) is 0 Å². The highest BCUT2D eigenvalue weighted by atomic mass is 32.2. The summed E-state index contributed by atoms with van der Waals surface area (Å²) in [5.41, 5.74) is 6.43. The summed E-state index contributed by atoms with van der Waals surface area (Å²) in [4.78, 5) is 24.2. The number of nitrogens with one attached hydrogen (secondary N) is 4. The largest absolute Gasteiger partial charge is 0.279 e. The minimum absolute atomic E-state index is 0.0298. The lowest BCUT2D eigenvalue weighted by Crippen LogP contribution is -2.46. The molecule has 180 valence electrons. The van der Waals surface area contributed by atoms with Crippen molar-refractivity contribution in [1.82, 2.24) is 15.6 Å². The first-order chi connectivity index (χ1) is 16.0. The minimum Gasteiger partial charge on any atom is -0.279 e. The highest BCUT2D eigenvalue weighted by Gasteiger charge is 2.17. The number of thiophene rings is 1. The summed E-state index contributed by atoms with van der Waals surface area (Å²) in [6.07, 6.45) is 0. The van der Waals surface area contributed by atoms with Gasteiger partial charge in [-0.1, -0.05) is 12.1 Å². The highest BCUT2D eigenvalue weighted by molar-refractivity contribution is 7.94. The number of rotatable bonds is 8. The molecule has 0 spiro atoms. The van der Waals surface area contributed by atoms with E-state index in [2.05, 4.69) is 20.3 Å². The first-order valence-electron chi connectivity index (χ1n) is 9.80. The molecule has 3 rings (SSSR count). The van der Waals surface area contributed by atoms with Crippen molar-refractivity contribution in [3.8, 4) is 0 Å². The third-order valence-corrected chi connectivity index (χ3v) is 8.86. The van der Waals surface area contributed by atoms with E-state index >= 15 is 0 Å². The molecule has 0 bridgehead atoms. The van der Waals surface area contributed by atoms with Gasteiger partial charge in [0.05, 0.1) is 11.4 Å². The molecule has 0 atom stereocenters. The van der Waals surface area contributed by atoms with Gasteiger partial charge in [0, 0.05) is 11.3 Å². The number of amides is 2. The van der Waals surface area contributed by atoms with Crippen molar-refractivity contribution in [2.45, 2.75) is 23.0 Å². The Kier molecular flexibility index (Phi) is 7.71. The number of carbonyl (C=O) groups is 2. The van der Waals surface area contributed by atoms with Gasteiger partial charge < -0.3 is 0 Å².